The summed E-state index contributed by atoms with van der Waals surface area (Å²) in [4.78, 5) is 11.9. The van der Waals surface area contributed by atoms with Gasteiger partial charge in [-0.1, -0.05) is 41.9 Å². The molecule has 0 saturated carbocycles. The number of hydrogen-bond donors (Lipinski definition) is 1. The van der Waals surface area contributed by atoms with Crippen LogP contribution in [0.3, 0.4) is 0 Å². The van der Waals surface area contributed by atoms with Crippen LogP contribution in [0, 0.1) is 6.92 Å². The molecule has 0 bridgehead atoms. The van der Waals surface area contributed by atoms with Gasteiger partial charge < -0.3 is 4.42 Å². The van der Waals surface area contributed by atoms with E-state index in [1.165, 1.54) is 6.21 Å². The summed E-state index contributed by atoms with van der Waals surface area (Å²) in [5.74, 6) is 0.951. The van der Waals surface area contributed by atoms with Crippen LogP contribution in [0.15, 0.2) is 70.2 Å². The van der Waals surface area contributed by atoms with E-state index in [4.69, 9.17) is 16.0 Å². The Labute approximate surface area is 144 Å². The Morgan fingerprint density at radius 1 is 1.12 bits per heavy atom. The Hall–Kier alpha value is -2.85. The summed E-state index contributed by atoms with van der Waals surface area (Å²) >= 11 is 6.13. The van der Waals surface area contributed by atoms with Gasteiger partial charge in [0.1, 0.15) is 11.5 Å². The average molecular weight is 339 g/mol. The lowest BCUT2D eigenvalue weighted by Crippen LogP contribution is -2.17. The fraction of sp³-hybridized carbons (Fsp3) is 0.0526. The summed E-state index contributed by atoms with van der Waals surface area (Å²) in [6.45, 7) is 1.95. The molecule has 3 aromatic rings. The molecule has 3 rings (SSSR count). The number of rotatable bonds is 4. The minimum absolute atomic E-state index is 0.274. The highest BCUT2D eigenvalue weighted by molar-refractivity contribution is 6.31. The number of amides is 1. The van der Waals surface area contributed by atoms with Gasteiger partial charge in [-0.15, -0.1) is 0 Å². The first-order valence-corrected chi connectivity index (χ1v) is 7.76. The molecule has 5 heteroatoms. The number of benzene rings is 2. The zero-order chi connectivity index (χ0) is 16.9. The normalized spacial score (nSPS) is 10.9. The lowest BCUT2D eigenvalue weighted by molar-refractivity contribution is 0.0955. The van der Waals surface area contributed by atoms with Crippen LogP contribution in [0.4, 0.5) is 0 Å². The van der Waals surface area contributed by atoms with Crippen molar-refractivity contribution in [2.75, 3.05) is 0 Å². The molecule has 2 aromatic carbocycles. The molecule has 120 valence electrons. The number of carbonyl (C=O) groups is 1. The second-order valence-electron chi connectivity index (χ2n) is 5.23. The van der Waals surface area contributed by atoms with Crippen molar-refractivity contribution in [2.24, 2.45) is 5.10 Å². The highest BCUT2D eigenvalue weighted by Crippen LogP contribution is 2.26. The first-order valence-electron chi connectivity index (χ1n) is 7.38. The van der Waals surface area contributed by atoms with E-state index >= 15 is 0 Å². The summed E-state index contributed by atoms with van der Waals surface area (Å²) in [5.41, 5.74) is 4.91. The van der Waals surface area contributed by atoms with E-state index in [9.17, 15) is 4.79 Å². The van der Waals surface area contributed by atoms with Gasteiger partial charge in [0.05, 0.1) is 6.21 Å². The maximum Gasteiger partial charge on any atom is 0.271 e. The number of carbonyl (C=O) groups excluding carboxylic acids is 1. The monoisotopic (exact) mass is 338 g/mol. The highest BCUT2D eigenvalue weighted by atomic mass is 35.5. The molecule has 4 nitrogen and oxygen atoms in total. The number of halogens is 1. The van der Waals surface area contributed by atoms with Gasteiger partial charge in [-0.05, 0) is 42.8 Å². The van der Waals surface area contributed by atoms with E-state index in [1.807, 2.05) is 37.3 Å². The molecule has 0 aliphatic rings. The van der Waals surface area contributed by atoms with Crippen molar-refractivity contribution >= 4 is 23.7 Å². The van der Waals surface area contributed by atoms with Crippen molar-refractivity contribution in [2.45, 2.75) is 6.92 Å². The number of nitrogens with zero attached hydrogens (tertiary/aromatic N) is 1. The molecule has 1 amide bonds. The third-order valence-electron chi connectivity index (χ3n) is 3.48. The second kappa shape index (κ2) is 7.15. The van der Waals surface area contributed by atoms with Crippen LogP contribution in [-0.2, 0) is 0 Å². The lowest BCUT2D eigenvalue weighted by Gasteiger charge is -2.00. The van der Waals surface area contributed by atoms with Gasteiger partial charge in [-0.25, -0.2) is 5.43 Å². The largest absolute Gasteiger partial charge is 0.455 e. The summed E-state index contributed by atoms with van der Waals surface area (Å²) < 4.78 is 5.69. The molecule has 1 heterocycles. The molecule has 24 heavy (non-hydrogen) atoms. The van der Waals surface area contributed by atoms with Crippen LogP contribution in [0.25, 0.3) is 11.3 Å². The fourth-order valence-corrected chi connectivity index (χ4v) is 2.31. The maximum absolute atomic E-state index is 11.9. The van der Waals surface area contributed by atoms with Crippen molar-refractivity contribution < 1.29 is 9.21 Å². The van der Waals surface area contributed by atoms with E-state index < -0.39 is 0 Å². The zero-order valence-electron chi connectivity index (χ0n) is 13.0. The SMILES string of the molecule is Cc1ccc(-c2ccc(C=NNC(=O)c3ccccc3)o2)cc1Cl. The quantitative estimate of drug-likeness (QED) is 0.555. The third kappa shape index (κ3) is 3.73. The van der Waals surface area contributed by atoms with Crippen LogP contribution in [0.5, 0.6) is 0 Å². The Morgan fingerprint density at radius 3 is 2.67 bits per heavy atom. The molecule has 0 spiro atoms. The molecule has 0 saturated heterocycles. The predicted molar refractivity (Wildman–Crippen MR) is 95.4 cm³/mol. The zero-order valence-corrected chi connectivity index (χ0v) is 13.7. The number of hydrogen-bond acceptors (Lipinski definition) is 3. The molecule has 0 fully saturated rings. The maximum atomic E-state index is 11.9. The predicted octanol–water partition coefficient (Wildman–Crippen LogP) is 4.67. The van der Waals surface area contributed by atoms with Crippen LogP contribution < -0.4 is 5.43 Å². The summed E-state index contributed by atoms with van der Waals surface area (Å²) in [7, 11) is 0. The number of nitrogens with one attached hydrogen (secondary N) is 1. The molecule has 0 aliphatic heterocycles. The van der Waals surface area contributed by atoms with Gasteiger partial charge in [-0.3, -0.25) is 4.79 Å². The van der Waals surface area contributed by atoms with E-state index in [2.05, 4.69) is 10.5 Å². The summed E-state index contributed by atoms with van der Waals surface area (Å²) in [6, 6.07) is 18.2. The van der Waals surface area contributed by atoms with Crippen LogP contribution in [0.1, 0.15) is 21.7 Å². The van der Waals surface area contributed by atoms with Gasteiger partial charge in [0.15, 0.2) is 0 Å². The molecule has 0 radical (unpaired) electrons. The minimum atomic E-state index is -0.274. The number of aryl methyl sites for hydroxylation is 1. The van der Waals surface area contributed by atoms with Crippen LogP contribution in [-0.4, -0.2) is 12.1 Å². The molecule has 0 unspecified atom stereocenters. The molecular weight excluding hydrogens is 324 g/mol. The summed E-state index contributed by atoms with van der Waals surface area (Å²) in [5, 5.41) is 4.60. The van der Waals surface area contributed by atoms with Crippen molar-refractivity contribution in [3.8, 4) is 11.3 Å². The van der Waals surface area contributed by atoms with Gasteiger partial charge >= 0.3 is 0 Å². The Morgan fingerprint density at radius 2 is 1.92 bits per heavy atom. The van der Waals surface area contributed by atoms with Crippen molar-refractivity contribution in [3.63, 3.8) is 0 Å². The smallest absolute Gasteiger partial charge is 0.271 e. The molecular formula is C19H15ClN2O2. The highest BCUT2D eigenvalue weighted by Gasteiger charge is 2.06. The summed E-state index contributed by atoms with van der Waals surface area (Å²) in [6.07, 6.45) is 1.46. The van der Waals surface area contributed by atoms with Gasteiger partial charge in [-0.2, -0.15) is 5.10 Å². The van der Waals surface area contributed by atoms with Gasteiger partial charge in [0.25, 0.3) is 5.91 Å². The van der Waals surface area contributed by atoms with Crippen molar-refractivity contribution in [3.05, 3.63) is 82.6 Å². The van der Waals surface area contributed by atoms with Crippen LogP contribution >= 0.6 is 11.6 Å². The standard InChI is InChI=1S/C19H15ClN2O2/c1-13-7-8-15(11-17(13)20)18-10-9-16(24-18)12-21-22-19(23)14-5-3-2-4-6-14/h2-12H,1H3,(H,22,23). The number of furan rings is 1. The lowest BCUT2D eigenvalue weighted by atomic mass is 10.1. The second-order valence-corrected chi connectivity index (χ2v) is 5.64. The van der Waals surface area contributed by atoms with Gasteiger partial charge in [0.2, 0.25) is 0 Å². The third-order valence-corrected chi connectivity index (χ3v) is 3.88. The fourth-order valence-electron chi connectivity index (χ4n) is 2.13. The Balaban J connectivity index is 1.67. The first-order chi connectivity index (χ1) is 11.6. The number of hydrazone groups is 1. The molecule has 0 atom stereocenters. The Kier molecular flexibility index (Phi) is 4.77. The minimum Gasteiger partial charge on any atom is -0.455 e. The Bertz CT molecular complexity index is 885. The van der Waals surface area contributed by atoms with Crippen molar-refractivity contribution in [1.29, 1.82) is 0 Å². The van der Waals surface area contributed by atoms with E-state index in [0.29, 0.717) is 22.1 Å². The molecule has 1 N–H and O–H groups in total. The topological polar surface area (TPSA) is 54.6 Å². The first kappa shape index (κ1) is 16.0. The van der Waals surface area contributed by atoms with E-state index in [1.54, 1.807) is 30.3 Å². The van der Waals surface area contributed by atoms with Gasteiger partial charge in [0, 0.05) is 16.1 Å². The van der Waals surface area contributed by atoms with E-state index in [0.717, 1.165) is 11.1 Å². The van der Waals surface area contributed by atoms with Crippen LogP contribution in [0.2, 0.25) is 5.02 Å². The van der Waals surface area contributed by atoms with E-state index in [-0.39, 0.29) is 5.91 Å². The molecule has 1 aromatic heterocycles. The van der Waals surface area contributed by atoms with Crippen molar-refractivity contribution in [1.82, 2.24) is 5.43 Å². The molecule has 0 aliphatic carbocycles. The average Bonchev–Trinajstić information content (AvgIpc) is 3.07.